The number of thioether (sulfide) groups is 1. The van der Waals surface area contributed by atoms with E-state index in [1.807, 2.05) is 13.0 Å². The highest BCUT2D eigenvalue weighted by Crippen LogP contribution is 2.36. The van der Waals surface area contributed by atoms with Crippen LogP contribution in [-0.2, 0) is 0 Å². The van der Waals surface area contributed by atoms with Gasteiger partial charge >= 0.3 is 12.1 Å². The van der Waals surface area contributed by atoms with Crippen LogP contribution in [0, 0.1) is 0 Å². The zero-order valence-corrected chi connectivity index (χ0v) is 15.1. The van der Waals surface area contributed by atoms with Gasteiger partial charge in [0.25, 0.3) is 0 Å². The Labute approximate surface area is 152 Å². The number of pyridine rings is 1. The maximum absolute atomic E-state index is 12.8. The fourth-order valence-electron chi connectivity index (χ4n) is 1.65. The van der Waals surface area contributed by atoms with Gasteiger partial charge in [-0.3, -0.25) is 4.98 Å². The number of aromatic nitrogens is 3. The molecule has 2 heterocycles. The molecular formula is C14H11BrF5N3OS. The lowest BCUT2D eigenvalue weighted by molar-refractivity contribution is -0.290. The predicted molar refractivity (Wildman–Crippen MR) is 85.9 cm³/mol. The van der Waals surface area contributed by atoms with Crippen LogP contribution in [0.5, 0.6) is 5.88 Å². The molecule has 0 fully saturated rings. The van der Waals surface area contributed by atoms with Gasteiger partial charge in [-0.2, -0.15) is 22.0 Å². The average molecular weight is 444 g/mol. The van der Waals surface area contributed by atoms with E-state index in [4.69, 9.17) is 0 Å². The lowest BCUT2D eigenvalue weighted by atomic mass is 10.2. The van der Waals surface area contributed by atoms with Crippen LogP contribution in [0.25, 0.3) is 11.4 Å². The highest BCUT2D eigenvalue weighted by atomic mass is 79.9. The quantitative estimate of drug-likeness (QED) is 0.464. The fraction of sp³-hybridized carbons (Fsp3) is 0.357. The van der Waals surface area contributed by atoms with Gasteiger partial charge in [-0.1, -0.05) is 6.92 Å². The third-order valence-corrected chi connectivity index (χ3v) is 4.16. The molecule has 0 saturated carbocycles. The summed E-state index contributed by atoms with van der Waals surface area (Å²) in [5, 5.41) is 7.32. The maximum atomic E-state index is 12.8. The summed E-state index contributed by atoms with van der Waals surface area (Å²) in [5.74, 6) is -4.62. The van der Waals surface area contributed by atoms with Gasteiger partial charge in [-0.15, -0.1) is 22.0 Å². The maximum Gasteiger partial charge on any atom is 0.456 e. The van der Waals surface area contributed by atoms with E-state index in [1.54, 1.807) is 6.20 Å². The molecule has 0 bridgehead atoms. The van der Waals surface area contributed by atoms with E-state index in [9.17, 15) is 22.0 Å². The lowest BCUT2D eigenvalue weighted by Crippen LogP contribution is -2.41. The molecule has 0 saturated heterocycles. The Kier molecular flexibility index (Phi) is 6.20. The Hall–Kier alpha value is -1.49. The molecule has 4 nitrogen and oxygen atoms in total. The number of hydrogen-bond donors (Lipinski definition) is 0. The van der Waals surface area contributed by atoms with Crippen LogP contribution in [0.4, 0.5) is 22.0 Å². The standard InChI is InChI=1S/C14H11BrF5N3OS/c1-2-25-10-5-8(15)6-21-12(10)9-3-4-11(23-22-9)24-7-13(16,17)14(18,19)20/h3-6H,2,7H2,1H3. The van der Waals surface area contributed by atoms with Crippen LogP contribution in [-0.4, -0.2) is 39.6 Å². The second-order valence-corrected chi connectivity index (χ2v) is 6.90. The summed E-state index contributed by atoms with van der Waals surface area (Å²) in [5.41, 5.74) is 0.869. The summed E-state index contributed by atoms with van der Waals surface area (Å²) < 4.78 is 67.1. The molecule has 0 aliphatic heterocycles. The molecule has 0 radical (unpaired) electrons. The first-order chi connectivity index (χ1) is 11.6. The third-order valence-electron chi connectivity index (χ3n) is 2.82. The molecular weight excluding hydrogens is 433 g/mol. The van der Waals surface area contributed by atoms with Crippen LogP contribution in [0.3, 0.4) is 0 Å². The molecule has 2 rings (SSSR count). The minimum atomic E-state index is -5.69. The molecule has 0 amide bonds. The molecule has 0 spiro atoms. The van der Waals surface area contributed by atoms with E-state index in [-0.39, 0.29) is 0 Å². The van der Waals surface area contributed by atoms with Crippen molar-refractivity contribution in [1.29, 1.82) is 0 Å². The van der Waals surface area contributed by atoms with Crippen molar-refractivity contribution in [2.75, 3.05) is 12.4 Å². The number of ether oxygens (including phenoxy) is 1. The zero-order chi connectivity index (χ0) is 18.7. The van der Waals surface area contributed by atoms with E-state index in [1.165, 1.54) is 23.9 Å². The van der Waals surface area contributed by atoms with Crippen molar-refractivity contribution in [2.45, 2.75) is 23.9 Å². The van der Waals surface area contributed by atoms with Crippen molar-refractivity contribution in [3.8, 4) is 17.3 Å². The van der Waals surface area contributed by atoms with Crippen molar-refractivity contribution in [3.63, 3.8) is 0 Å². The van der Waals surface area contributed by atoms with Crippen LogP contribution in [0.2, 0.25) is 0 Å². The number of halogens is 6. The largest absolute Gasteiger partial charge is 0.470 e. The normalized spacial score (nSPS) is 12.3. The summed E-state index contributed by atoms with van der Waals surface area (Å²) in [7, 11) is 0. The van der Waals surface area contributed by atoms with Crippen LogP contribution in [0.15, 0.2) is 33.8 Å². The van der Waals surface area contributed by atoms with Crippen molar-refractivity contribution in [1.82, 2.24) is 15.2 Å². The Morgan fingerprint density at radius 1 is 1.16 bits per heavy atom. The Bertz CT molecular complexity index is 727. The third kappa shape index (κ3) is 5.00. The summed E-state index contributed by atoms with van der Waals surface area (Å²) >= 11 is 4.83. The van der Waals surface area contributed by atoms with Gasteiger partial charge in [0, 0.05) is 21.6 Å². The Balaban J connectivity index is 2.16. The van der Waals surface area contributed by atoms with Gasteiger partial charge in [-0.05, 0) is 33.8 Å². The Morgan fingerprint density at radius 3 is 2.44 bits per heavy atom. The molecule has 0 atom stereocenters. The van der Waals surface area contributed by atoms with Gasteiger partial charge in [0.2, 0.25) is 5.88 Å². The summed E-state index contributed by atoms with van der Waals surface area (Å²) in [6.45, 7) is 0.0940. The second-order valence-electron chi connectivity index (χ2n) is 4.68. The SMILES string of the molecule is CCSc1cc(Br)cnc1-c1ccc(OCC(F)(F)C(F)(F)F)nn1. The summed E-state index contributed by atoms with van der Waals surface area (Å²) in [4.78, 5) is 5.06. The molecule has 11 heteroatoms. The van der Waals surface area contributed by atoms with Crippen molar-refractivity contribution >= 4 is 27.7 Å². The first-order valence-electron chi connectivity index (χ1n) is 6.84. The van der Waals surface area contributed by atoms with Crippen molar-refractivity contribution < 1.29 is 26.7 Å². The molecule has 0 aromatic carbocycles. The van der Waals surface area contributed by atoms with E-state index in [2.05, 4.69) is 35.8 Å². The van der Waals surface area contributed by atoms with E-state index < -0.39 is 24.6 Å². The van der Waals surface area contributed by atoms with E-state index in [0.717, 1.165) is 15.1 Å². The minimum Gasteiger partial charge on any atom is -0.470 e. The fourth-order valence-corrected chi connectivity index (χ4v) is 2.95. The van der Waals surface area contributed by atoms with Crippen LogP contribution >= 0.6 is 27.7 Å². The highest BCUT2D eigenvalue weighted by molar-refractivity contribution is 9.10. The topological polar surface area (TPSA) is 47.9 Å². The molecule has 136 valence electrons. The molecule has 25 heavy (non-hydrogen) atoms. The van der Waals surface area contributed by atoms with Gasteiger partial charge in [0.1, 0.15) is 11.4 Å². The van der Waals surface area contributed by atoms with Gasteiger partial charge < -0.3 is 4.74 Å². The van der Waals surface area contributed by atoms with Gasteiger partial charge in [0.05, 0.1) is 0 Å². The number of nitrogens with zero attached hydrogens (tertiary/aromatic N) is 3. The summed E-state index contributed by atoms with van der Waals surface area (Å²) in [6.07, 6.45) is -4.13. The molecule has 0 aliphatic carbocycles. The molecule has 0 aliphatic rings. The van der Waals surface area contributed by atoms with Crippen LogP contribution < -0.4 is 4.74 Å². The first kappa shape index (κ1) is 19.8. The van der Waals surface area contributed by atoms with Gasteiger partial charge in [-0.25, -0.2) is 0 Å². The number of alkyl halides is 5. The highest BCUT2D eigenvalue weighted by Gasteiger charge is 2.58. The lowest BCUT2D eigenvalue weighted by Gasteiger charge is -2.19. The van der Waals surface area contributed by atoms with Crippen molar-refractivity contribution in [3.05, 3.63) is 28.9 Å². The average Bonchev–Trinajstić information content (AvgIpc) is 2.53. The second kappa shape index (κ2) is 7.81. The zero-order valence-electron chi connectivity index (χ0n) is 12.6. The van der Waals surface area contributed by atoms with Gasteiger partial charge in [0.15, 0.2) is 6.61 Å². The van der Waals surface area contributed by atoms with Crippen molar-refractivity contribution in [2.24, 2.45) is 0 Å². The first-order valence-corrected chi connectivity index (χ1v) is 8.61. The molecule has 0 N–H and O–H groups in total. The Morgan fingerprint density at radius 2 is 1.88 bits per heavy atom. The number of rotatable bonds is 6. The smallest absolute Gasteiger partial charge is 0.456 e. The summed E-state index contributed by atoms with van der Waals surface area (Å²) in [6, 6.07) is 4.40. The molecule has 2 aromatic heterocycles. The van der Waals surface area contributed by atoms with Crippen LogP contribution in [0.1, 0.15) is 6.92 Å². The predicted octanol–water partition coefficient (Wildman–Crippen LogP) is 4.99. The molecule has 2 aromatic rings. The molecule has 0 unspecified atom stereocenters. The van der Waals surface area contributed by atoms with E-state index >= 15 is 0 Å². The number of hydrogen-bond acceptors (Lipinski definition) is 5. The minimum absolute atomic E-state index is 0.346. The van der Waals surface area contributed by atoms with E-state index in [0.29, 0.717) is 11.4 Å². The monoisotopic (exact) mass is 443 g/mol.